The molecule has 30 heavy (non-hydrogen) atoms. The first-order valence-electron chi connectivity index (χ1n) is 9.49. The van der Waals surface area contributed by atoms with Gasteiger partial charge in [-0.25, -0.2) is 9.59 Å². The first kappa shape index (κ1) is 19.4. The Bertz CT molecular complexity index is 1040. The van der Waals surface area contributed by atoms with Gasteiger partial charge in [0.2, 0.25) is 0 Å². The third-order valence-corrected chi connectivity index (χ3v) is 4.98. The number of imide groups is 1. The Hall–Kier alpha value is -3.94. The molecule has 0 aromatic heterocycles. The molecule has 4 amide bonds. The minimum atomic E-state index is -0.774. The molecule has 1 unspecified atom stereocenters. The number of esters is 1. The average molecular weight is 405 g/mol. The van der Waals surface area contributed by atoms with Crippen LogP contribution in [0.25, 0.3) is 0 Å². The van der Waals surface area contributed by atoms with Crippen LogP contribution in [-0.4, -0.2) is 41.9 Å². The maximum Gasteiger partial charge on any atom is 0.338 e. The maximum atomic E-state index is 12.8. The minimum absolute atomic E-state index is 0.137. The summed E-state index contributed by atoms with van der Waals surface area (Å²) in [5, 5.41) is 5.30. The predicted octanol–water partition coefficient (Wildman–Crippen LogP) is 2.15. The maximum absolute atomic E-state index is 12.8. The Morgan fingerprint density at radius 1 is 0.967 bits per heavy atom. The number of urea groups is 1. The molecule has 8 nitrogen and oxygen atoms in total. The van der Waals surface area contributed by atoms with E-state index in [2.05, 4.69) is 10.6 Å². The summed E-state index contributed by atoms with van der Waals surface area (Å²) in [5.74, 6) is -1.59. The van der Waals surface area contributed by atoms with Crippen molar-refractivity contribution in [1.29, 1.82) is 0 Å². The van der Waals surface area contributed by atoms with Crippen LogP contribution in [0.15, 0.2) is 65.9 Å². The highest BCUT2D eigenvalue weighted by atomic mass is 16.5. The van der Waals surface area contributed by atoms with E-state index in [4.69, 9.17) is 4.74 Å². The first-order valence-corrected chi connectivity index (χ1v) is 9.49. The normalized spacial score (nSPS) is 18.1. The fourth-order valence-electron chi connectivity index (χ4n) is 3.63. The summed E-state index contributed by atoms with van der Waals surface area (Å²) in [5.41, 5.74) is 1.57. The van der Waals surface area contributed by atoms with Gasteiger partial charge in [0.05, 0.1) is 41.6 Å². The number of hydrogen-bond acceptors (Lipinski definition) is 5. The topological polar surface area (TPSA) is 105 Å². The van der Waals surface area contributed by atoms with Gasteiger partial charge in [0.25, 0.3) is 11.8 Å². The number of nitrogens with zero attached hydrogens (tertiary/aromatic N) is 1. The Kier molecular flexibility index (Phi) is 5.05. The van der Waals surface area contributed by atoms with E-state index in [1.54, 1.807) is 55.5 Å². The van der Waals surface area contributed by atoms with Crippen LogP contribution in [0.5, 0.6) is 0 Å². The standard InChI is InChI=1S/C22H19N3O5/c1-2-30-21(28)17-16(23-22(29)24-18(17)13-8-4-3-5-9-13)12-25-19(26)14-10-6-7-11-15(14)20(25)27/h3-11,18H,2,12H2,1H3,(H2,23,24,29). The van der Waals surface area contributed by atoms with E-state index >= 15 is 0 Å². The lowest BCUT2D eigenvalue weighted by molar-refractivity contribution is -0.139. The van der Waals surface area contributed by atoms with Crippen molar-refractivity contribution >= 4 is 23.8 Å². The van der Waals surface area contributed by atoms with Gasteiger partial charge in [-0.05, 0) is 24.6 Å². The smallest absolute Gasteiger partial charge is 0.338 e. The number of carbonyl (C=O) groups excluding carboxylic acids is 4. The number of rotatable bonds is 5. The molecule has 0 bridgehead atoms. The Morgan fingerprint density at radius 3 is 2.17 bits per heavy atom. The van der Waals surface area contributed by atoms with Crippen molar-refractivity contribution in [2.24, 2.45) is 0 Å². The summed E-state index contributed by atoms with van der Waals surface area (Å²) in [6.45, 7) is 1.56. The second-order valence-electron chi connectivity index (χ2n) is 6.80. The third kappa shape index (κ3) is 3.32. The van der Waals surface area contributed by atoms with Crippen LogP contribution in [0, 0.1) is 0 Å². The molecule has 0 radical (unpaired) electrons. The lowest BCUT2D eigenvalue weighted by Gasteiger charge is -2.30. The number of benzene rings is 2. The monoisotopic (exact) mass is 405 g/mol. The van der Waals surface area contributed by atoms with Crippen LogP contribution in [0.2, 0.25) is 0 Å². The molecular formula is C22H19N3O5. The van der Waals surface area contributed by atoms with Gasteiger partial charge in [-0.1, -0.05) is 42.5 Å². The molecule has 0 saturated heterocycles. The number of nitrogens with one attached hydrogen (secondary N) is 2. The molecule has 2 aromatic carbocycles. The summed E-state index contributed by atoms with van der Waals surface area (Å²) < 4.78 is 5.20. The van der Waals surface area contributed by atoms with Crippen LogP contribution in [0.3, 0.4) is 0 Å². The first-order chi connectivity index (χ1) is 14.5. The fraction of sp³-hybridized carbons (Fsp3) is 0.182. The van der Waals surface area contributed by atoms with Gasteiger partial charge in [0.1, 0.15) is 0 Å². The molecule has 4 rings (SSSR count). The highest BCUT2D eigenvalue weighted by molar-refractivity contribution is 6.21. The van der Waals surface area contributed by atoms with Gasteiger partial charge in [-0.15, -0.1) is 0 Å². The van der Waals surface area contributed by atoms with Crippen LogP contribution in [0.4, 0.5) is 4.79 Å². The van der Waals surface area contributed by atoms with Gasteiger partial charge in [0, 0.05) is 0 Å². The molecule has 0 fully saturated rings. The van der Waals surface area contributed by atoms with Gasteiger partial charge >= 0.3 is 12.0 Å². The minimum Gasteiger partial charge on any atom is -0.463 e. The van der Waals surface area contributed by atoms with E-state index in [9.17, 15) is 19.2 Å². The summed E-state index contributed by atoms with van der Waals surface area (Å²) >= 11 is 0. The van der Waals surface area contributed by atoms with E-state index in [0.717, 1.165) is 4.90 Å². The number of hydrogen-bond donors (Lipinski definition) is 2. The number of fused-ring (bicyclic) bond motifs is 1. The molecule has 1 atom stereocenters. The van der Waals surface area contributed by atoms with E-state index in [1.165, 1.54) is 0 Å². The second-order valence-corrected chi connectivity index (χ2v) is 6.80. The molecule has 2 aliphatic heterocycles. The van der Waals surface area contributed by atoms with Gasteiger partial charge < -0.3 is 15.4 Å². The summed E-state index contributed by atoms with van der Waals surface area (Å²) in [6, 6.07) is 14.1. The van der Waals surface area contributed by atoms with Crippen molar-refractivity contribution in [3.63, 3.8) is 0 Å². The highest BCUT2D eigenvalue weighted by Gasteiger charge is 2.39. The van der Waals surface area contributed by atoms with Gasteiger partial charge in [-0.2, -0.15) is 0 Å². The number of carbonyl (C=O) groups is 4. The summed E-state index contributed by atoms with van der Waals surface area (Å²) in [7, 11) is 0. The molecule has 2 heterocycles. The fourth-order valence-corrected chi connectivity index (χ4v) is 3.63. The Labute approximate surface area is 172 Å². The molecule has 2 N–H and O–H groups in total. The SMILES string of the molecule is CCOC(=O)C1=C(CN2C(=O)c3ccccc3C2=O)NC(=O)NC1c1ccccc1. The number of ether oxygens (including phenoxy) is 1. The zero-order valence-electron chi connectivity index (χ0n) is 16.2. The number of amides is 4. The average Bonchev–Trinajstić information content (AvgIpc) is 2.99. The van der Waals surface area contributed by atoms with Crippen LogP contribution >= 0.6 is 0 Å². The Morgan fingerprint density at radius 2 is 1.57 bits per heavy atom. The lowest BCUT2D eigenvalue weighted by atomic mass is 9.95. The van der Waals surface area contributed by atoms with Gasteiger partial charge in [-0.3, -0.25) is 14.5 Å². The van der Waals surface area contributed by atoms with E-state index < -0.39 is 29.9 Å². The predicted molar refractivity (Wildman–Crippen MR) is 106 cm³/mol. The molecule has 2 aliphatic rings. The molecular weight excluding hydrogens is 386 g/mol. The van der Waals surface area contributed by atoms with Crippen molar-refractivity contribution in [1.82, 2.24) is 15.5 Å². The van der Waals surface area contributed by atoms with Crippen molar-refractivity contribution in [3.05, 3.63) is 82.6 Å². The molecule has 0 spiro atoms. The van der Waals surface area contributed by atoms with Crippen molar-refractivity contribution in [2.75, 3.05) is 13.2 Å². The van der Waals surface area contributed by atoms with Crippen molar-refractivity contribution in [2.45, 2.75) is 13.0 Å². The summed E-state index contributed by atoms with van der Waals surface area (Å²) in [4.78, 5) is 51.7. The zero-order valence-corrected chi connectivity index (χ0v) is 16.2. The lowest BCUT2D eigenvalue weighted by Crippen LogP contribution is -2.49. The second kappa shape index (κ2) is 7.82. The quantitative estimate of drug-likeness (QED) is 0.586. The summed E-state index contributed by atoms with van der Waals surface area (Å²) in [6.07, 6.45) is 0. The third-order valence-electron chi connectivity index (χ3n) is 4.98. The van der Waals surface area contributed by atoms with E-state index in [1.807, 2.05) is 6.07 Å². The largest absolute Gasteiger partial charge is 0.463 e. The Balaban J connectivity index is 1.76. The van der Waals surface area contributed by atoms with E-state index in [0.29, 0.717) is 16.7 Å². The van der Waals surface area contributed by atoms with Gasteiger partial charge in [0.15, 0.2) is 0 Å². The molecule has 0 aliphatic carbocycles. The zero-order chi connectivity index (χ0) is 21.3. The van der Waals surface area contributed by atoms with Crippen LogP contribution in [0.1, 0.15) is 39.2 Å². The molecule has 8 heteroatoms. The molecule has 152 valence electrons. The van der Waals surface area contributed by atoms with Crippen molar-refractivity contribution < 1.29 is 23.9 Å². The van der Waals surface area contributed by atoms with Crippen LogP contribution < -0.4 is 10.6 Å². The van der Waals surface area contributed by atoms with E-state index in [-0.39, 0.29) is 24.4 Å². The van der Waals surface area contributed by atoms with Crippen molar-refractivity contribution in [3.8, 4) is 0 Å². The molecule has 0 saturated carbocycles. The highest BCUT2D eigenvalue weighted by Crippen LogP contribution is 2.30. The molecule has 2 aromatic rings. The van der Waals surface area contributed by atoms with Crippen LogP contribution in [-0.2, 0) is 9.53 Å².